The number of carbonyl (C=O) groups excluding carboxylic acids is 1. The quantitative estimate of drug-likeness (QED) is 0.601. The molecule has 0 radical (unpaired) electrons. The zero-order valence-electron chi connectivity index (χ0n) is 14.4. The van der Waals surface area contributed by atoms with Crippen LogP contribution in [-0.4, -0.2) is 17.5 Å². The number of aldehydes is 1. The van der Waals surface area contributed by atoms with E-state index in [-0.39, 0.29) is 23.9 Å². The Bertz CT molecular complexity index is 494. The van der Waals surface area contributed by atoms with Gasteiger partial charge >= 0.3 is 0 Å². The summed E-state index contributed by atoms with van der Waals surface area (Å²) in [6, 6.07) is 0. The van der Waals surface area contributed by atoms with Gasteiger partial charge in [0.05, 0.1) is 6.10 Å². The highest BCUT2D eigenvalue weighted by atomic mass is 16.3. The van der Waals surface area contributed by atoms with Crippen LogP contribution < -0.4 is 0 Å². The largest absolute Gasteiger partial charge is 0.392 e. The van der Waals surface area contributed by atoms with Crippen LogP contribution in [0.1, 0.15) is 53.4 Å². The maximum Gasteiger partial charge on any atom is 0.146 e. The molecule has 2 aliphatic carbocycles. The van der Waals surface area contributed by atoms with E-state index in [1.54, 1.807) is 0 Å². The smallest absolute Gasteiger partial charge is 0.146 e. The summed E-state index contributed by atoms with van der Waals surface area (Å²) in [6.07, 6.45) is 11.1. The van der Waals surface area contributed by atoms with E-state index in [9.17, 15) is 9.90 Å². The molecule has 0 amide bonds. The van der Waals surface area contributed by atoms with Crippen molar-refractivity contribution in [1.29, 1.82) is 0 Å². The molecule has 22 heavy (non-hydrogen) atoms. The van der Waals surface area contributed by atoms with Crippen LogP contribution in [0.3, 0.4) is 0 Å². The van der Waals surface area contributed by atoms with Crippen LogP contribution in [0.15, 0.2) is 34.9 Å². The predicted molar refractivity (Wildman–Crippen MR) is 91.4 cm³/mol. The zero-order valence-corrected chi connectivity index (χ0v) is 14.4. The SMILES string of the molecule is CC(C)=CCC[C@H](C)[C@@H]1CC=C(C=O)[C@@H]2CC=C(C)[C@H]2[C@@H]1O. The lowest BCUT2D eigenvalue weighted by atomic mass is 9.75. The highest BCUT2D eigenvalue weighted by molar-refractivity contribution is 5.74. The molecule has 0 aromatic rings. The van der Waals surface area contributed by atoms with E-state index in [0.717, 1.165) is 37.5 Å². The minimum atomic E-state index is -0.334. The molecule has 2 heteroatoms. The molecule has 0 bridgehead atoms. The highest BCUT2D eigenvalue weighted by Gasteiger charge is 2.41. The van der Waals surface area contributed by atoms with Crippen molar-refractivity contribution in [2.45, 2.75) is 59.5 Å². The van der Waals surface area contributed by atoms with Gasteiger partial charge in [-0.05, 0) is 69.8 Å². The maximum atomic E-state index is 11.4. The van der Waals surface area contributed by atoms with E-state index < -0.39 is 0 Å². The molecule has 122 valence electrons. The molecule has 0 spiro atoms. The molecule has 0 unspecified atom stereocenters. The molecule has 1 N–H and O–H groups in total. The Morgan fingerprint density at radius 2 is 2.09 bits per heavy atom. The minimum absolute atomic E-state index is 0.134. The van der Waals surface area contributed by atoms with E-state index >= 15 is 0 Å². The van der Waals surface area contributed by atoms with Gasteiger partial charge in [-0.15, -0.1) is 0 Å². The Morgan fingerprint density at radius 3 is 2.73 bits per heavy atom. The van der Waals surface area contributed by atoms with Crippen molar-refractivity contribution >= 4 is 6.29 Å². The van der Waals surface area contributed by atoms with Gasteiger partial charge in [0.15, 0.2) is 0 Å². The van der Waals surface area contributed by atoms with Crippen molar-refractivity contribution in [2.75, 3.05) is 0 Å². The average molecular weight is 302 g/mol. The molecular formula is C20H30O2. The predicted octanol–water partition coefficient (Wildman–Crippen LogP) is 4.46. The van der Waals surface area contributed by atoms with Gasteiger partial charge in [0, 0.05) is 5.92 Å². The summed E-state index contributed by atoms with van der Waals surface area (Å²) in [7, 11) is 0. The van der Waals surface area contributed by atoms with Crippen LogP contribution in [0.4, 0.5) is 0 Å². The van der Waals surface area contributed by atoms with Gasteiger partial charge in [0.1, 0.15) is 6.29 Å². The first-order valence-corrected chi connectivity index (χ1v) is 8.59. The first-order valence-electron chi connectivity index (χ1n) is 8.59. The third kappa shape index (κ3) is 3.60. The molecule has 5 atom stereocenters. The second kappa shape index (κ2) is 7.41. The lowest BCUT2D eigenvalue weighted by Crippen LogP contribution is -2.35. The number of aliphatic hydroxyl groups is 1. The summed E-state index contributed by atoms with van der Waals surface area (Å²) in [5.41, 5.74) is 3.51. The Morgan fingerprint density at radius 1 is 1.36 bits per heavy atom. The molecular weight excluding hydrogens is 272 g/mol. The van der Waals surface area contributed by atoms with Crippen LogP contribution in [0.2, 0.25) is 0 Å². The second-order valence-corrected chi connectivity index (χ2v) is 7.36. The Kier molecular flexibility index (Phi) is 5.80. The van der Waals surface area contributed by atoms with E-state index in [0.29, 0.717) is 5.92 Å². The fraction of sp³-hybridized carbons (Fsp3) is 0.650. The van der Waals surface area contributed by atoms with Gasteiger partial charge in [-0.2, -0.15) is 0 Å². The van der Waals surface area contributed by atoms with Gasteiger partial charge in [-0.25, -0.2) is 0 Å². The first-order chi connectivity index (χ1) is 10.5. The van der Waals surface area contributed by atoms with Crippen LogP contribution in [0.25, 0.3) is 0 Å². The van der Waals surface area contributed by atoms with Gasteiger partial charge in [-0.1, -0.05) is 36.3 Å². The van der Waals surface area contributed by atoms with E-state index in [1.165, 1.54) is 11.1 Å². The van der Waals surface area contributed by atoms with Gasteiger partial charge in [-0.3, -0.25) is 4.79 Å². The Balaban J connectivity index is 2.14. The normalized spacial score (nSPS) is 32.4. The summed E-state index contributed by atoms with van der Waals surface area (Å²) in [5, 5.41) is 11.0. The fourth-order valence-electron chi connectivity index (χ4n) is 4.15. The summed E-state index contributed by atoms with van der Waals surface area (Å²) in [4.78, 5) is 11.4. The monoisotopic (exact) mass is 302 g/mol. The fourth-order valence-corrected chi connectivity index (χ4v) is 4.15. The standard InChI is InChI=1S/C20H30O2/c1-13(2)6-5-7-14(3)17-11-9-16(12-21)18-10-8-15(4)19(18)20(17)22/h6,8-9,12,14,17-20,22H,5,7,10-11H2,1-4H3/t14-,17-,18-,19+,20+/m0/s1. The van der Waals surface area contributed by atoms with Crippen molar-refractivity contribution in [2.24, 2.45) is 23.7 Å². The molecule has 2 nitrogen and oxygen atoms in total. The van der Waals surface area contributed by atoms with Crippen molar-refractivity contribution in [3.8, 4) is 0 Å². The molecule has 2 aliphatic rings. The topological polar surface area (TPSA) is 37.3 Å². The number of aliphatic hydroxyl groups excluding tert-OH is 1. The average Bonchev–Trinajstić information content (AvgIpc) is 2.77. The first kappa shape index (κ1) is 17.2. The molecule has 0 saturated heterocycles. The van der Waals surface area contributed by atoms with Crippen molar-refractivity contribution in [3.63, 3.8) is 0 Å². The van der Waals surface area contributed by atoms with Crippen molar-refractivity contribution in [1.82, 2.24) is 0 Å². The summed E-state index contributed by atoms with van der Waals surface area (Å²) < 4.78 is 0. The molecule has 0 aromatic carbocycles. The lowest BCUT2D eigenvalue weighted by molar-refractivity contribution is -0.105. The molecule has 0 saturated carbocycles. The molecule has 0 aliphatic heterocycles. The number of fused-ring (bicyclic) bond motifs is 1. The summed E-state index contributed by atoms with van der Waals surface area (Å²) in [5.74, 6) is 1.04. The van der Waals surface area contributed by atoms with Crippen molar-refractivity contribution < 1.29 is 9.90 Å². The summed E-state index contributed by atoms with van der Waals surface area (Å²) >= 11 is 0. The minimum Gasteiger partial charge on any atom is -0.392 e. The molecule has 0 aromatic heterocycles. The Hall–Kier alpha value is -1.15. The summed E-state index contributed by atoms with van der Waals surface area (Å²) in [6.45, 7) is 8.60. The maximum absolute atomic E-state index is 11.4. The zero-order chi connectivity index (χ0) is 16.3. The van der Waals surface area contributed by atoms with E-state index in [1.807, 2.05) is 0 Å². The molecule has 0 fully saturated rings. The number of allylic oxidation sites excluding steroid dienone is 5. The second-order valence-electron chi connectivity index (χ2n) is 7.36. The number of carbonyl (C=O) groups is 1. The number of hydrogen-bond acceptors (Lipinski definition) is 2. The van der Waals surface area contributed by atoms with E-state index in [4.69, 9.17) is 0 Å². The van der Waals surface area contributed by atoms with Gasteiger partial charge in [0.25, 0.3) is 0 Å². The van der Waals surface area contributed by atoms with Crippen LogP contribution in [0, 0.1) is 23.7 Å². The number of rotatable bonds is 5. The molecule has 0 heterocycles. The lowest BCUT2D eigenvalue weighted by Gasteiger charge is -2.33. The van der Waals surface area contributed by atoms with Crippen LogP contribution in [-0.2, 0) is 4.79 Å². The Labute approximate surface area is 135 Å². The third-order valence-electron chi connectivity index (χ3n) is 5.56. The van der Waals surface area contributed by atoms with E-state index in [2.05, 4.69) is 45.9 Å². The van der Waals surface area contributed by atoms with Crippen LogP contribution in [0.5, 0.6) is 0 Å². The highest BCUT2D eigenvalue weighted by Crippen LogP contribution is 2.45. The third-order valence-corrected chi connectivity index (χ3v) is 5.56. The number of hydrogen-bond donors (Lipinski definition) is 1. The van der Waals surface area contributed by atoms with Crippen molar-refractivity contribution in [3.05, 3.63) is 34.9 Å². The molecule has 2 rings (SSSR count). The van der Waals surface area contributed by atoms with Crippen LogP contribution >= 0.6 is 0 Å². The van der Waals surface area contributed by atoms with Gasteiger partial charge in [0.2, 0.25) is 0 Å². The van der Waals surface area contributed by atoms with Gasteiger partial charge < -0.3 is 5.11 Å².